The fourth-order valence-corrected chi connectivity index (χ4v) is 1.30. The molecule has 1 saturated heterocycles. The Morgan fingerprint density at radius 2 is 2.30 bits per heavy atom. The molecule has 0 saturated carbocycles. The molecule has 1 fully saturated rings. The first-order chi connectivity index (χ1) is 4.49. The summed E-state index contributed by atoms with van der Waals surface area (Å²) in [7, 11) is 0. The molecule has 0 aliphatic carbocycles. The molecule has 1 rings (SSSR count). The normalized spacial score (nSPS) is 30.7. The highest BCUT2D eigenvalue weighted by atomic mass is 16.6. The second kappa shape index (κ2) is 2.15. The van der Waals surface area contributed by atoms with Gasteiger partial charge in [-0.2, -0.15) is 0 Å². The fraction of sp³-hybridized carbons (Fsp3) is 0.857. The number of ether oxygens (including phenoxy) is 1. The predicted molar refractivity (Wildman–Crippen MR) is 37.8 cm³/mol. The summed E-state index contributed by atoms with van der Waals surface area (Å²) in [4.78, 5) is 10.8. The second-order valence-corrected chi connectivity index (χ2v) is 3.43. The molecule has 1 N–H and O–H groups in total. The molecule has 0 aromatic carbocycles. The number of carbonyl (C=O) groups excluding carboxylic acids is 1. The van der Waals surface area contributed by atoms with Crippen LogP contribution in [0.3, 0.4) is 0 Å². The van der Waals surface area contributed by atoms with Crippen LogP contribution in [0.25, 0.3) is 0 Å². The van der Waals surface area contributed by atoms with E-state index in [1.54, 1.807) is 0 Å². The first-order valence-corrected chi connectivity index (χ1v) is 3.48. The number of amides is 1. The Morgan fingerprint density at radius 3 is 2.70 bits per heavy atom. The summed E-state index contributed by atoms with van der Waals surface area (Å²) in [6.45, 7) is 5.88. The third kappa shape index (κ3) is 1.62. The Labute approximate surface area is 60.7 Å². The van der Waals surface area contributed by atoms with Gasteiger partial charge in [-0.1, -0.05) is 0 Å². The molecule has 1 aliphatic heterocycles. The van der Waals surface area contributed by atoms with E-state index in [0.29, 0.717) is 0 Å². The molecule has 0 radical (unpaired) electrons. The van der Waals surface area contributed by atoms with E-state index >= 15 is 0 Å². The maximum Gasteiger partial charge on any atom is 0.407 e. The first kappa shape index (κ1) is 7.38. The van der Waals surface area contributed by atoms with Crippen LogP contribution in [-0.2, 0) is 4.74 Å². The van der Waals surface area contributed by atoms with Crippen molar-refractivity contribution in [2.75, 3.05) is 0 Å². The van der Waals surface area contributed by atoms with Crippen LogP contribution in [0.5, 0.6) is 0 Å². The van der Waals surface area contributed by atoms with Crippen molar-refractivity contribution >= 4 is 6.09 Å². The summed E-state index contributed by atoms with van der Waals surface area (Å²) in [6, 6.07) is 0. The largest absolute Gasteiger partial charge is 0.446 e. The molecule has 1 heterocycles. The van der Waals surface area contributed by atoms with Crippen LogP contribution in [0, 0.1) is 0 Å². The fourth-order valence-electron chi connectivity index (χ4n) is 1.30. The maximum absolute atomic E-state index is 10.8. The Bertz CT molecular complexity index is 154. The van der Waals surface area contributed by atoms with Gasteiger partial charge in [0.1, 0.15) is 6.10 Å². The van der Waals surface area contributed by atoms with Crippen molar-refractivity contribution in [3.8, 4) is 0 Å². The van der Waals surface area contributed by atoms with E-state index in [4.69, 9.17) is 4.74 Å². The molecule has 1 amide bonds. The van der Waals surface area contributed by atoms with E-state index in [-0.39, 0.29) is 17.7 Å². The number of nitrogens with one attached hydrogen (secondary N) is 1. The highest BCUT2D eigenvalue weighted by Gasteiger charge is 2.30. The van der Waals surface area contributed by atoms with Crippen molar-refractivity contribution in [3.63, 3.8) is 0 Å². The SMILES string of the molecule is C[C@H]1CC(C)(C)NC(=O)O1. The molecule has 0 aromatic heterocycles. The second-order valence-electron chi connectivity index (χ2n) is 3.43. The molecule has 10 heavy (non-hydrogen) atoms. The number of cyclic esters (lactones) is 1. The van der Waals surface area contributed by atoms with E-state index in [9.17, 15) is 4.79 Å². The third-order valence-electron chi connectivity index (χ3n) is 1.55. The van der Waals surface area contributed by atoms with Gasteiger partial charge in [0.05, 0.1) is 0 Å². The van der Waals surface area contributed by atoms with Crippen LogP contribution in [-0.4, -0.2) is 17.7 Å². The number of hydrogen-bond donors (Lipinski definition) is 1. The van der Waals surface area contributed by atoms with Gasteiger partial charge >= 0.3 is 6.09 Å². The molecule has 58 valence electrons. The van der Waals surface area contributed by atoms with Crippen LogP contribution in [0.15, 0.2) is 0 Å². The van der Waals surface area contributed by atoms with Crippen LogP contribution < -0.4 is 5.32 Å². The van der Waals surface area contributed by atoms with Crippen LogP contribution in [0.4, 0.5) is 4.79 Å². The van der Waals surface area contributed by atoms with E-state index in [0.717, 1.165) is 6.42 Å². The van der Waals surface area contributed by atoms with Gasteiger partial charge in [-0.3, -0.25) is 0 Å². The Morgan fingerprint density at radius 1 is 1.70 bits per heavy atom. The molecule has 3 nitrogen and oxygen atoms in total. The minimum Gasteiger partial charge on any atom is -0.446 e. The van der Waals surface area contributed by atoms with Gasteiger partial charge < -0.3 is 10.1 Å². The molecular formula is C7H13NO2. The summed E-state index contributed by atoms with van der Waals surface area (Å²) >= 11 is 0. The zero-order chi connectivity index (χ0) is 7.78. The summed E-state index contributed by atoms with van der Waals surface area (Å²) < 4.78 is 4.87. The van der Waals surface area contributed by atoms with E-state index in [1.165, 1.54) is 0 Å². The molecule has 1 atom stereocenters. The summed E-state index contributed by atoms with van der Waals surface area (Å²) in [5, 5.41) is 2.72. The standard InChI is InChI=1S/C7H13NO2/c1-5-4-7(2,3)8-6(9)10-5/h5H,4H2,1-3H3,(H,8,9)/t5-/m0/s1. The lowest BCUT2D eigenvalue weighted by Crippen LogP contribution is -2.51. The lowest BCUT2D eigenvalue weighted by atomic mass is 9.96. The molecule has 3 heteroatoms. The Kier molecular flexibility index (Phi) is 1.58. The quantitative estimate of drug-likeness (QED) is 0.554. The van der Waals surface area contributed by atoms with Gasteiger partial charge in [0, 0.05) is 12.0 Å². The van der Waals surface area contributed by atoms with Crippen molar-refractivity contribution in [1.29, 1.82) is 0 Å². The predicted octanol–water partition coefficient (Wildman–Crippen LogP) is 1.28. The summed E-state index contributed by atoms with van der Waals surface area (Å²) in [5.74, 6) is 0. The highest BCUT2D eigenvalue weighted by molar-refractivity contribution is 5.69. The number of alkyl carbamates (subject to hydrolysis) is 1. The molecule has 1 aliphatic rings. The topological polar surface area (TPSA) is 38.3 Å². The van der Waals surface area contributed by atoms with Crippen molar-refractivity contribution < 1.29 is 9.53 Å². The number of rotatable bonds is 0. The average molecular weight is 143 g/mol. The summed E-state index contributed by atoms with van der Waals surface area (Å²) in [6.07, 6.45) is 0.617. The minimum absolute atomic E-state index is 0.0451. The Hall–Kier alpha value is -0.730. The van der Waals surface area contributed by atoms with E-state index in [2.05, 4.69) is 5.32 Å². The molecule has 0 spiro atoms. The zero-order valence-electron chi connectivity index (χ0n) is 6.60. The summed E-state index contributed by atoms with van der Waals surface area (Å²) in [5.41, 5.74) is -0.102. The minimum atomic E-state index is -0.302. The van der Waals surface area contributed by atoms with Gasteiger partial charge in [-0.25, -0.2) is 4.79 Å². The number of hydrogen-bond acceptors (Lipinski definition) is 2. The molecule has 0 aromatic rings. The van der Waals surface area contributed by atoms with Crippen LogP contribution >= 0.6 is 0 Å². The van der Waals surface area contributed by atoms with Gasteiger partial charge in [0.25, 0.3) is 0 Å². The molecule has 0 bridgehead atoms. The average Bonchev–Trinajstić information content (AvgIpc) is 1.54. The van der Waals surface area contributed by atoms with Gasteiger partial charge in [-0.15, -0.1) is 0 Å². The first-order valence-electron chi connectivity index (χ1n) is 3.48. The van der Waals surface area contributed by atoms with Crippen LogP contribution in [0.1, 0.15) is 27.2 Å². The van der Waals surface area contributed by atoms with Crippen molar-refractivity contribution in [1.82, 2.24) is 5.32 Å². The van der Waals surface area contributed by atoms with Crippen LogP contribution in [0.2, 0.25) is 0 Å². The van der Waals surface area contributed by atoms with Crippen molar-refractivity contribution in [3.05, 3.63) is 0 Å². The van der Waals surface area contributed by atoms with Crippen molar-refractivity contribution in [2.24, 2.45) is 0 Å². The third-order valence-corrected chi connectivity index (χ3v) is 1.55. The van der Waals surface area contributed by atoms with Gasteiger partial charge in [0.15, 0.2) is 0 Å². The van der Waals surface area contributed by atoms with Gasteiger partial charge in [-0.05, 0) is 20.8 Å². The monoisotopic (exact) mass is 143 g/mol. The molecular weight excluding hydrogens is 130 g/mol. The lowest BCUT2D eigenvalue weighted by molar-refractivity contribution is 0.0506. The zero-order valence-corrected chi connectivity index (χ0v) is 6.60. The maximum atomic E-state index is 10.8. The lowest BCUT2D eigenvalue weighted by Gasteiger charge is -2.34. The van der Waals surface area contributed by atoms with E-state index < -0.39 is 0 Å². The smallest absolute Gasteiger partial charge is 0.407 e. The Balaban J connectivity index is 2.59. The van der Waals surface area contributed by atoms with Gasteiger partial charge in [0.2, 0.25) is 0 Å². The van der Waals surface area contributed by atoms with Crippen molar-refractivity contribution in [2.45, 2.75) is 38.8 Å². The number of carbonyl (C=O) groups is 1. The van der Waals surface area contributed by atoms with E-state index in [1.807, 2.05) is 20.8 Å². The molecule has 0 unspecified atom stereocenters. The highest BCUT2D eigenvalue weighted by Crippen LogP contribution is 2.18.